The zero-order chi connectivity index (χ0) is 15.8. The maximum atomic E-state index is 12.7. The van der Waals surface area contributed by atoms with Gasteiger partial charge in [-0.05, 0) is 31.0 Å². The van der Waals surface area contributed by atoms with E-state index in [9.17, 15) is 4.79 Å². The van der Waals surface area contributed by atoms with E-state index in [1.54, 1.807) is 25.2 Å². The van der Waals surface area contributed by atoms with Crippen molar-refractivity contribution in [1.82, 2.24) is 4.90 Å². The van der Waals surface area contributed by atoms with Crippen LogP contribution in [0.15, 0.2) is 16.6 Å². The molecule has 0 aliphatic heterocycles. The first-order valence-electron chi connectivity index (χ1n) is 6.84. The highest BCUT2D eigenvalue weighted by atomic mass is 79.9. The monoisotopic (exact) mass is 358 g/mol. The molecule has 118 valence electrons. The third-order valence-corrected chi connectivity index (χ3v) is 3.73. The standard InChI is InChI=1S/C15H23BrN2O3/c1-11-13(9-12(16)10-14(11)17)15(19)18(6-8-21-3)5-4-7-20-2/h9-10H,4-8,17H2,1-3H3. The summed E-state index contributed by atoms with van der Waals surface area (Å²) in [5.41, 5.74) is 7.97. The van der Waals surface area contributed by atoms with Crippen molar-refractivity contribution >= 4 is 27.5 Å². The number of carbonyl (C=O) groups is 1. The van der Waals surface area contributed by atoms with Crippen LogP contribution < -0.4 is 5.73 Å². The van der Waals surface area contributed by atoms with Gasteiger partial charge in [0.25, 0.3) is 5.91 Å². The van der Waals surface area contributed by atoms with Gasteiger partial charge >= 0.3 is 0 Å². The molecule has 0 fully saturated rings. The lowest BCUT2D eigenvalue weighted by molar-refractivity contribution is 0.0673. The first-order chi connectivity index (χ1) is 10.0. The highest BCUT2D eigenvalue weighted by Gasteiger charge is 2.19. The fraction of sp³-hybridized carbons (Fsp3) is 0.533. The molecule has 1 aromatic rings. The third kappa shape index (κ3) is 5.30. The van der Waals surface area contributed by atoms with E-state index in [0.717, 1.165) is 16.5 Å². The number of nitrogens with two attached hydrogens (primary N) is 1. The second kappa shape index (κ2) is 9.02. The molecule has 0 spiro atoms. The molecule has 0 heterocycles. The average Bonchev–Trinajstić information content (AvgIpc) is 2.45. The molecular weight excluding hydrogens is 336 g/mol. The quantitative estimate of drug-likeness (QED) is 0.572. The van der Waals surface area contributed by atoms with Gasteiger partial charge in [0.05, 0.1) is 6.61 Å². The number of rotatable bonds is 8. The Hall–Kier alpha value is -1.11. The lowest BCUT2D eigenvalue weighted by Gasteiger charge is -2.23. The second-order valence-electron chi connectivity index (χ2n) is 4.80. The molecule has 0 bridgehead atoms. The highest BCUT2D eigenvalue weighted by molar-refractivity contribution is 9.10. The van der Waals surface area contributed by atoms with Crippen LogP contribution in [0.1, 0.15) is 22.3 Å². The Kier molecular flexibility index (Phi) is 7.71. The molecule has 0 unspecified atom stereocenters. The Morgan fingerprint density at radius 1 is 1.24 bits per heavy atom. The molecule has 0 saturated heterocycles. The molecule has 21 heavy (non-hydrogen) atoms. The smallest absolute Gasteiger partial charge is 0.254 e. The summed E-state index contributed by atoms with van der Waals surface area (Å²) in [6.45, 7) is 4.16. The molecule has 0 aromatic heterocycles. The normalized spacial score (nSPS) is 10.7. The van der Waals surface area contributed by atoms with Gasteiger partial charge in [0.2, 0.25) is 0 Å². The molecule has 0 radical (unpaired) electrons. The largest absolute Gasteiger partial charge is 0.398 e. The van der Waals surface area contributed by atoms with Crippen LogP contribution >= 0.6 is 15.9 Å². The topological polar surface area (TPSA) is 64.8 Å². The van der Waals surface area contributed by atoms with Crippen LogP contribution in [0.2, 0.25) is 0 Å². The molecule has 5 nitrogen and oxygen atoms in total. The predicted molar refractivity (Wildman–Crippen MR) is 87.6 cm³/mol. The van der Waals surface area contributed by atoms with E-state index in [0.29, 0.717) is 37.6 Å². The Bertz CT molecular complexity index is 480. The van der Waals surface area contributed by atoms with E-state index in [1.165, 1.54) is 0 Å². The summed E-state index contributed by atoms with van der Waals surface area (Å²) in [6.07, 6.45) is 0.786. The van der Waals surface area contributed by atoms with E-state index in [1.807, 2.05) is 13.0 Å². The summed E-state index contributed by atoms with van der Waals surface area (Å²) >= 11 is 3.39. The van der Waals surface area contributed by atoms with Crippen LogP contribution in [0.5, 0.6) is 0 Å². The van der Waals surface area contributed by atoms with Crippen LogP contribution in [0.25, 0.3) is 0 Å². The summed E-state index contributed by atoms with van der Waals surface area (Å²) in [6, 6.07) is 3.61. The minimum Gasteiger partial charge on any atom is -0.398 e. The highest BCUT2D eigenvalue weighted by Crippen LogP contribution is 2.24. The predicted octanol–water partition coefficient (Wildman–Crippen LogP) is 2.46. The fourth-order valence-electron chi connectivity index (χ4n) is 2.01. The Morgan fingerprint density at radius 2 is 1.90 bits per heavy atom. The van der Waals surface area contributed by atoms with E-state index in [-0.39, 0.29) is 5.91 Å². The van der Waals surface area contributed by atoms with Crippen molar-refractivity contribution in [2.24, 2.45) is 0 Å². The van der Waals surface area contributed by atoms with Gasteiger partial charge in [-0.15, -0.1) is 0 Å². The van der Waals surface area contributed by atoms with Gasteiger partial charge in [0, 0.05) is 49.6 Å². The summed E-state index contributed by atoms with van der Waals surface area (Å²) in [7, 11) is 3.28. The molecular formula is C15H23BrN2O3. The fourth-order valence-corrected chi connectivity index (χ4v) is 2.48. The maximum absolute atomic E-state index is 12.7. The molecule has 0 aliphatic carbocycles. The molecule has 2 N–H and O–H groups in total. The number of hydrogen-bond acceptors (Lipinski definition) is 4. The van der Waals surface area contributed by atoms with E-state index < -0.39 is 0 Å². The first kappa shape index (κ1) is 17.9. The Labute approximate surface area is 134 Å². The molecule has 1 aromatic carbocycles. The number of hydrogen-bond donors (Lipinski definition) is 1. The second-order valence-corrected chi connectivity index (χ2v) is 5.71. The van der Waals surface area contributed by atoms with Crippen molar-refractivity contribution in [3.05, 3.63) is 27.7 Å². The van der Waals surface area contributed by atoms with Crippen molar-refractivity contribution in [1.29, 1.82) is 0 Å². The number of anilines is 1. The third-order valence-electron chi connectivity index (χ3n) is 3.27. The molecule has 1 amide bonds. The van der Waals surface area contributed by atoms with Gasteiger partial charge in [0.15, 0.2) is 0 Å². The van der Waals surface area contributed by atoms with Gasteiger partial charge in [-0.3, -0.25) is 4.79 Å². The van der Waals surface area contributed by atoms with E-state index in [2.05, 4.69) is 15.9 Å². The molecule has 0 saturated carbocycles. The molecule has 1 rings (SSSR count). The molecule has 0 aliphatic rings. The number of halogens is 1. The molecule has 0 atom stereocenters. The maximum Gasteiger partial charge on any atom is 0.254 e. The van der Waals surface area contributed by atoms with Crippen molar-refractivity contribution in [2.75, 3.05) is 46.3 Å². The number of methoxy groups -OCH3 is 2. The first-order valence-corrected chi connectivity index (χ1v) is 7.63. The average molecular weight is 359 g/mol. The SMILES string of the molecule is COCCCN(CCOC)C(=O)c1cc(Br)cc(N)c1C. The van der Waals surface area contributed by atoms with Gasteiger partial charge in [-0.1, -0.05) is 15.9 Å². The zero-order valence-corrected chi connectivity index (χ0v) is 14.4. The zero-order valence-electron chi connectivity index (χ0n) is 12.8. The minimum atomic E-state index is -0.0337. The van der Waals surface area contributed by atoms with Gasteiger partial charge in [-0.25, -0.2) is 0 Å². The Morgan fingerprint density at radius 3 is 2.52 bits per heavy atom. The number of amides is 1. The van der Waals surface area contributed by atoms with Crippen molar-refractivity contribution in [2.45, 2.75) is 13.3 Å². The number of nitrogens with zero attached hydrogens (tertiary/aromatic N) is 1. The molecule has 6 heteroatoms. The van der Waals surface area contributed by atoms with Crippen LogP contribution in [0, 0.1) is 6.92 Å². The number of ether oxygens (including phenoxy) is 2. The summed E-state index contributed by atoms with van der Waals surface area (Å²) in [5.74, 6) is -0.0337. The Balaban J connectivity index is 2.93. The van der Waals surface area contributed by atoms with E-state index in [4.69, 9.17) is 15.2 Å². The van der Waals surface area contributed by atoms with Gasteiger partial charge in [-0.2, -0.15) is 0 Å². The van der Waals surface area contributed by atoms with Crippen molar-refractivity contribution < 1.29 is 14.3 Å². The van der Waals surface area contributed by atoms with Gasteiger partial charge in [0.1, 0.15) is 0 Å². The van der Waals surface area contributed by atoms with Gasteiger partial charge < -0.3 is 20.1 Å². The van der Waals surface area contributed by atoms with Crippen LogP contribution in [0.3, 0.4) is 0 Å². The summed E-state index contributed by atoms with van der Waals surface area (Å²) in [4.78, 5) is 14.5. The minimum absolute atomic E-state index is 0.0337. The number of carbonyl (C=O) groups excluding carboxylic acids is 1. The number of benzene rings is 1. The van der Waals surface area contributed by atoms with Crippen molar-refractivity contribution in [3.8, 4) is 0 Å². The summed E-state index contributed by atoms with van der Waals surface area (Å²) < 4.78 is 10.9. The van der Waals surface area contributed by atoms with Crippen LogP contribution in [-0.2, 0) is 9.47 Å². The lowest BCUT2D eigenvalue weighted by Crippen LogP contribution is -2.35. The number of nitrogen functional groups attached to an aromatic ring is 1. The van der Waals surface area contributed by atoms with Crippen LogP contribution in [0.4, 0.5) is 5.69 Å². The summed E-state index contributed by atoms with van der Waals surface area (Å²) in [5, 5.41) is 0. The lowest BCUT2D eigenvalue weighted by atomic mass is 10.1. The van der Waals surface area contributed by atoms with E-state index >= 15 is 0 Å². The van der Waals surface area contributed by atoms with Crippen molar-refractivity contribution in [3.63, 3.8) is 0 Å². The van der Waals surface area contributed by atoms with Crippen LogP contribution in [-0.4, -0.2) is 51.3 Å².